The quantitative estimate of drug-likeness (QED) is 0.723. The number of amides is 1. The summed E-state index contributed by atoms with van der Waals surface area (Å²) in [7, 11) is 0. The summed E-state index contributed by atoms with van der Waals surface area (Å²) < 4.78 is 70.2. The molecule has 5 unspecified atom stereocenters. The van der Waals surface area contributed by atoms with Crippen molar-refractivity contribution in [2.75, 3.05) is 0 Å². The molecule has 27 heavy (non-hydrogen) atoms. The second-order valence-electron chi connectivity index (χ2n) is 6.82. The molecule has 5 nitrogen and oxygen atoms in total. The van der Waals surface area contributed by atoms with Gasteiger partial charge in [0, 0.05) is 35.9 Å². The first-order valence-corrected chi connectivity index (χ1v) is 8.18. The Morgan fingerprint density at radius 1 is 1.44 bits per heavy atom. The number of hydrogen-bond donors (Lipinski definition) is 2. The minimum Gasteiger partial charge on any atom is -0.386 e. The monoisotopic (exact) mass is 389 g/mol. The van der Waals surface area contributed by atoms with Crippen LogP contribution in [0.25, 0.3) is 0 Å². The van der Waals surface area contributed by atoms with Gasteiger partial charge in [0.1, 0.15) is 18.2 Å². The highest BCUT2D eigenvalue weighted by molar-refractivity contribution is 5.85. The van der Waals surface area contributed by atoms with Gasteiger partial charge in [-0.15, -0.1) is 0 Å². The molecule has 0 radical (unpaired) electrons. The number of halogens is 5. The molecule has 0 aromatic rings. The normalized spacial score (nSPS) is 35.1. The van der Waals surface area contributed by atoms with Crippen LogP contribution in [0.1, 0.15) is 12.8 Å². The molecule has 1 amide bonds. The van der Waals surface area contributed by atoms with E-state index in [1.54, 1.807) is 6.07 Å². The maximum absolute atomic E-state index is 14.3. The Morgan fingerprint density at radius 3 is 2.70 bits per heavy atom. The zero-order valence-electron chi connectivity index (χ0n) is 13.8. The number of primary amides is 1. The number of nitrogens with two attached hydrogens (primary N) is 1. The lowest BCUT2D eigenvalue weighted by Crippen LogP contribution is -2.54. The fraction of sp³-hybridized carbons (Fsp3) is 0.529. The van der Waals surface area contributed by atoms with Crippen molar-refractivity contribution in [1.29, 1.82) is 5.26 Å². The minimum atomic E-state index is -4.25. The number of aliphatic hydroxyl groups is 1. The summed E-state index contributed by atoms with van der Waals surface area (Å²) in [5.41, 5.74) is 3.87. The van der Waals surface area contributed by atoms with E-state index in [9.17, 15) is 31.9 Å². The molecule has 3 N–H and O–H groups in total. The zero-order chi connectivity index (χ0) is 20.1. The number of allylic oxidation sites excluding steroid dienone is 3. The topological polar surface area (TPSA) is 90.4 Å². The summed E-state index contributed by atoms with van der Waals surface area (Å²) in [5, 5.41) is 19.0. The van der Waals surface area contributed by atoms with Gasteiger partial charge >= 0.3 is 5.92 Å². The van der Waals surface area contributed by atoms with Crippen molar-refractivity contribution in [3.63, 3.8) is 0 Å². The molecule has 0 aromatic carbocycles. The van der Waals surface area contributed by atoms with E-state index < -0.39 is 59.9 Å². The zero-order valence-corrected chi connectivity index (χ0v) is 13.8. The average molecular weight is 389 g/mol. The summed E-state index contributed by atoms with van der Waals surface area (Å²) in [5.74, 6) is -12.8. The highest BCUT2D eigenvalue weighted by atomic mass is 19.3. The first-order chi connectivity index (χ1) is 12.5. The number of carbonyl (C=O) groups is 1. The van der Waals surface area contributed by atoms with E-state index in [1.165, 1.54) is 17.1 Å². The summed E-state index contributed by atoms with van der Waals surface area (Å²) >= 11 is 0. The molecule has 0 spiro atoms. The van der Waals surface area contributed by atoms with Crippen molar-refractivity contribution in [3.05, 3.63) is 35.7 Å². The molecule has 2 aliphatic carbocycles. The first-order valence-electron chi connectivity index (χ1n) is 8.18. The van der Waals surface area contributed by atoms with E-state index >= 15 is 0 Å². The van der Waals surface area contributed by atoms with Crippen molar-refractivity contribution in [1.82, 2.24) is 4.90 Å². The van der Waals surface area contributed by atoms with Crippen LogP contribution < -0.4 is 5.73 Å². The van der Waals surface area contributed by atoms with Gasteiger partial charge in [0.15, 0.2) is 0 Å². The van der Waals surface area contributed by atoms with E-state index in [1.807, 2.05) is 0 Å². The second kappa shape index (κ2) is 6.34. The molecule has 1 aliphatic heterocycles. The van der Waals surface area contributed by atoms with Crippen LogP contribution in [-0.2, 0) is 4.79 Å². The highest BCUT2D eigenvalue weighted by Gasteiger charge is 2.60. The lowest BCUT2D eigenvalue weighted by molar-refractivity contribution is -0.165. The molecule has 1 fully saturated rings. The molecule has 1 heterocycles. The number of nitriles is 1. The maximum Gasteiger partial charge on any atom is 0.347 e. The molecule has 3 aliphatic rings. The summed E-state index contributed by atoms with van der Waals surface area (Å²) in [6, 6.07) is 0.711. The van der Waals surface area contributed by atoms with Gasteiger partial charge in [0.2, 0.25) is 0 Å². The van der Waals surface area contributed by atoms with Gasteiger partial charge in [-0.1, -0.05) is 0 Å². The lowest BCUT2D eigenvalue weighted by atomic mass is 9.75. The molecular weight excluding hydrogens is 373 g/mol. The van der Waals surface area contributed by atoms with E-state index in [-0.39, 0.29) is 12.1 Å². The highest BCUT2D eigenvalue weighted by Crippen LogP contribution is 2.50. The van der Waals surface area contributed by atoms with Crippen LogP contribution in [0.3, 0.4) is 0 Å². The number of hydrogen-bond acceptors (Lipinski definition) is 4. The van der Waals surface area contributed by atoms with E-state index in [2.05, 4.69) is 0 Å². The lowest BCUT2D eigenvalue weighted by Gasteiger charge is -2.42. The second-order valence-corrected chi connectivity index (χ2v) is 6.82. The summed E-state index contributed by atoms with van der Waals surface area (Å²) in [6.45, 7) is 0. The Labute approximate surface area is 151 Å². The Morgan fingerprint density at radius 2 is 2.11 bits per heavy atom. The largest absolute Gasteiger partial charge is 0.386 e. The number of fused-ring (bicyclic) bond motifs is 1. The van der Waals surface area contributed by atoms with Crippen molar-refractivity contribution in [2.24, 2.45) is 17.6 Å². The van der Waals surface area contributed by atoms with Crippen molar-refractivity contribution >= 4 is 5.91 Å². The molecule has 146 valence electrons. The number of carbonyl (C=O) groups excluding carboxylic acids is 1. The number of rotatable bonds is 3. The van der Waals surface area contributed by atoms with Crippen LogP contribution >= 0.6 is 0 Å². The smallest absolute Gasteiger partial charge is 0.347 e. The third-order valence-electron chi connectivity index (χ3n) is 5.22. The Hall–Kier alpha value is -2.41. The van der Waals surface area contributed by atoms with Gasteiger partial charge in [-0.05, 0) is 24.6 Å². The molecule has 0 aromatic heterocycles. The predicted octanol–water partition coefficient (Wildman–Crippen LogP) is 2.01. The Kier molecular flexibility index (Phi) is 4.54. The maximum atomic E-state index is 14.3. The van der Waals surface area contributed by atoms with E-state index in [0.717, 1.165) is 12.3 Å². The van der Waals surface area contributed by atoms with Gasteiger partial charge in [-0.25, -0.2) is 13.2 Å². The van der Waals surface area contributed by atoms with Gasteiger partial charge < -0.3 is 15.7 Å². The van der Waals surface area contributed by atoms with E-state index in [4.69, 9.17) is 11.0 Å². The third-order valence-corrected chi connectivity index (χ3v) is 5.22. The standard InChI is InChI=1S/C17H16F5N3O2/c18-11-2-1-9(5-8(11)6-23)25-7-10(17(21,22)15(24)27)13-12(25)3-4-16(19,20)14(13)26/h1-2,5,7-8,11-14,26H,3-4H2,(H2,24,27). The minimum absolute atomic E-state index is 0.151. The van der Waals surface area contributed by atoms with Crippen LogP contribution in [-0.4, -0.2) is 46.1 Å². The average Bonchev–Trinajstić information content (AvgIpc) is 2.99. The Bertz CT molecular complexity index is 786. The van der Waals surface area contributed by atoms with Gasteiger partial charge in [-0.2, -0.15) is 14.0 Å². The number of aliphatic hydroxyl groups excluding tert-OH is 1. The molecule has 5 atom stereocenters. The molecule has 3 rings (SSSR count). The predicted molar refractivity (Wildman–Crippen MR) is 82.8 cm³/mol. The van der Waals surface area contributed by atoms with E-state index in [0.29, 0.717) is 0 Å². The fourth-order valence-corrected chi connectivity index (χ4v) is 3.78. The van der Waals surface area contributed by atoms with Gasteiger partial charge in [0.25, 0.3) is 11.8 Å². The van der Waals surface area contributed by atoms with Gasteiger partial charge in [0.05, 0.1) is 6.07 Å². The van der Waals surface area contributed by atoms with Crippen molar-refractivity contribution in [3.8, 4) is 6.07 Å². The van der Waals surface area contributed by atoms with Crippen LogP contribution in [0.2, 0.25) is 0 Å². The van der Waals surface area contributed by atoms with Crippen molar-refractivity contribution in [2.45, 2.75) is 43.0 Å². The summed E-state index contributed by atoms with van der Waals surface area (Å²) in [6.07, 6.45) is -0.734. The SMILES string of the molecule is N#CC1C=C(N2C=C(C(F)(F)C(N)=O)C3C2CCC(F)(F)C3O)C=CC1F. The first kappa shape index (κ1) is 19.4. The third kappa shape index (κ3) is 3.00. The van der Waals surface area contributed by atoms with Crippen molar-refractivity contribution < 1.29 is 31.9 Å². The number of nitrogens with zero attached hydrogens (tertiary/aromatic N) is 2. The molecule has 0 bridgehead atoms. The fourth-order valence-electron chi connectivity index (χ4n) is 3.78. The van der Waals surface area contributed by atoms with Crippen LogP contribution in [0.4, 0.5) is 22.0 Å². The Balaban J connectivity index is 2.06. The van der Waals surface area contributed by atoms with Crippen LogP contribution in [0.15, 0.2) is 35.7 Å². The number of alkyl halides is 5. The molecular formula is C17H16F5N3O2. The van der Waals surface area contributed by atoms with Crippen LogP contribution in [0.5, 0.6) is 0 Å². The molecule has 10 heteroatoms. The van der Waals surface area contributed by atoms with Crippen LogP contribution in [0, 0.1) is 23.2 Å². The molecule has 0 saturated heterocycles. The summed E-state index contributed by atoms with van der Waals surface area (Å²) in [4.78, 5) is 12.4. The molecule has 1 saturated carbocycles. The van der Waals surface area contributed by atoms with Gasteiger partial charge in [-0.3, -0.25) is 4.79 Å².